The van der Waals surface area contributed by atoms with Gasteiger partial charge in [-0.15, -0.1) is 0 Å². The highest BCUT2D eigenvalue weighted by Gasteiger charge is 2.33. The van der Waals surface area contributed by atoms with Crippen LogP contribution in [0.15, 0.2) is 24.3 Å². The zero-order chi connectivity index (χ0) is 22.4. The second-order valence-electron chi connectivity index (χ2n) is 9.34. The number of anilines is 2. The molecule has 31 heavy (non-hydrogen) atoms. The van der Waals surface area contributed by atoms with Gasteiger partial charge >= 0.3 is 0 Å². The van der Waals surface area contributed by atoms with E-state index in [-0.39, 0.29) is 23.6 Å². The van der Waals surface area contributed by atoms with Gasteiger partial charge in [-0.25, -0.2) is 0 Å². The number of hydrogen-bond acceptors (Lipinski definition) is 5. The molecular formula is C23H34N4O4. The molecule has 3 amide bonds. The second kappa shape index (κ2) is 10.2. The first-order valence-corrected chi connectivity index (χ1v) is 11.0. The molecule has 0 radical (unpaired) electrons. The number of ether oxygens (including phenoxy) is 1. The van der Waals surface area contributed by atoms with Gasteiger partial charge < -0.3 is 20.3 Å². The molecule has 1 aromatic rings. The van der Waals surface area contributed by atoms with E-state index in [2.05, 4.69) is 15.5 Å². The number of carbonyl (C=O) groups is 3. The summed E-state index contributed by atoms with van der Waals surface area (Å²) in [4.78, 5) is 41.4. The number of benzene rings is 1. The van der Waals surface area contributed by atoms with E-state index in [0.717, 1.165) is 25.9 Å². The summed E-state index contributed by atoms with van der Waals surface area (Å²) in [6.45, 7) is 10.1. The Kier molecular flexibility index (Phi) is 7.67. The van der Waals surface area contributed by atoms with E-state index < -0.39 is 5.41 Å². The van der Waals surface area contributed by atoms with Gasteiger partial charge in [0.2, 0.25) is 17.7 Å². The van der Waals surface area contributed by atoms with Crippen LogP contribution >= 0.6 is 0 Å². The van der Waals surface area contributed by atoms with Gasteiger partial charge in [-0.1, -0.05) is 20.8 Å². The van der Waals surface area contributed by atoms with Gasteiger partial charge in [0, 0.05) is 43.0 Å². The Hall–Kier alpha value is -2.45. The average Bonchev–Trinajstić information content (AvgIpc) is 2.74. The van der Waals surface area contributed by atoms with Crippen LogP contribution in [0.4, 0.5) is 11.4 Å². The molecule has 2 saturated heterocycles. The summed E-state index contributed by atoms with van der Waals surface area (Å²) in [5.74, 6) is -0.268. The monoisotopic (exact) mass is 430 g/mol. The maximum Gasteiger partial charge on any atom is 0.238 e. The van der Waals surface area contributed by atoms with Crippen molar-refractivity contribution in [1.29, 1.82) is 0 Å². The quantitative estimate of drug-likeness (QED) is 0.747. The van der Waals surface area contributed by atoms with Crippen molar-refractivity contribution in [2.75, 3.05) is 56.6 Å². The van der Waals surface area contributed by atoms with Crippen LogP contribution in [-0.4, -0.2) is 73.5 Å². The highest BCUT2D eigenvalue weighted by atomic mass is 16.5. The van der Waals surface area contributed by atoms with Crippen LogP contribution in [0.25, 0.3) is 0 Å². The first-order valence-electron chi connectivity index (χ1n) is 11.0. The number of carbonyl (C=O) groups excluding carboxylic acids is 3. The molecule has 3 rings (SSSR count). The van der Waals surface area contributed by atoms with Crippen molar-refractivity contribution < 1.29 is 19.1 Å². The lowest BCUT2D eigenvalue weighted by Gasteiger charge is -2.35. The molecule has 0 saturated carbocycles. The van der Waals surface area contributed by atoms with E-state index in [1.165, 1.54) is 0 Å². The van der Waals surface area contributed by atoms with Crippen LogP contribution in [0.5, 0.6) is 0 Å². The SMILES string of the molecule is CC(C)(C)C(=O)N1CCCC(C(=O)Nc2ccc(NC(=O)CN3CCOCC3)cc2)C1. The lowest BCUT2D eigenvalue weighted by atomic mass is 9.91. The van der Waals surface area contributed by atoms with E-state index in [1.54, 1.807) is 29.2 Å². The minimum absolute atomic E-state index is 0.0653. The number of nitrogens with zero attached hydrogens (tertiary/aromatic N) is 2. The van der Waals surface area contributed by atoms with Gasteiger partial charge in [0.05, 0.1) is 25.7 Å². The number of amides is 3. The molecule has 1 unspecified atom stereocenters. The Morgan fingerprint density at radius 1 is 1.00 bits per heavy atom. The van der Waals surface area contributed by atoms with Crippen molar-refractivity contribution in [3.05, 3.63) is 24.3 Å². The summed E-state index contributed by atoms with van der Waals surface area (Å²) in [5, 5.41) is 5.83. The normalized spacial score (nSPS) is 20.2. The molecule has 2 aliphatic rings. The summed E-state index contributed by atoms with van der Waals surface area (Å²) in [5.41, 5.74) is 0.923. The molecule has 2 N–H and O–H groups in total. The molecule has 8 nitrogen and oxygen atoms in total. The van der Waals surface area contributed by atoms with Gasteiger partial charge in [0.15, 0.2) is 0 Å². The molecule has 8 heteroatoms. The van der Waals surface area contributed by atoms with Gasteiger partial charge in [0.1, 0.15) is 0 Å². The standard InChI is InChI=1S/C23H34N4O4/c1-23(2,3)22(30)27-10-4-5-17(15-27)21(29)25-19-8-6-18(7-9-19)24-20(28)16-26-11-13-31-14-12-26/h6-9,17H,4-5,10-16H2,1-3H3,(H,24,28)(H,25,29). The number of hydrogen-bond donors (Lipinski definition) is 2. The van der Waals surface area contributed by atoms with Gasteiger partial charge in [0.25, 0.3) is 0 Å². The van der Waals surface area contributed by atoms with Gasteiger partial charge in [-0.05, 0) is 37.1 Å². The van der Waals surface area contributed by atoms with Gasteiger partial charge in [-0.3, -0.25) is 19.3 Å². The lowest BCUT2D eigenvalue weighted by molar-refractivity contribution is -0.142. The molecule has 2 heterocycles. The fraction of sp³-hybridized carbons (Fsp3) is 0.609. The number of nitrogens with one attached hydrogen (secondary N) is 2. The molecule has 0 spiro atoms. The van der Waals surface area contributed by atoms with E-state index in [0.29, 0.717) is 44.2 Å². The van der Waals surface area contributed by atoms with Gasteiger partial charge in [-0.2, -0.15) is 0 Å². The molecule has 2 aliphatic heterocycles. The van der Waals surface area contributed by atoms with Crippen LogP contribution in [0.3, 0.4) is 0 Å². The summed E-state index contributed by atoms with van der Waals surface area (Å²) < 4.78 is 5.29. The molecular weight excluding hydrogens is 396 g/mol. The van der Waals surface area contributed by atoms with Crippen LogP contribution in [0.1, 0.15) is 33.6 Å². The Morgan fingerprint density at radius 3 is 2.23 bits per heavy atom. The summed E-state index contributed by atoms with van der Waals surface area (Å²) in [6.07, 6.45) is 1.60. The third-order valence-electron chi connectivity index (χ3n) is 5.63. The van der Waals surface area contributed by atoms with E-state index >= 15 is 0 Å². The summed E-state index contributed by atoms with van der Waals surface area (Å²) >= 11 is 0. The van der Waals surface area contributed by atoms with Crippen molar-refractivity contribution in [3.8, 4) is 0 Å². The maximum atomic E-state index is 12.7. The predicted octanol–water partition coefficient (Wildman–Crippen LogP) is 2.18. The highest BCUT2D eigenvalue weighted by molar-refractivity contribution is 5.95. The van der Waals surface area contributed by atoms with Crippen LogP contribution in [0.2, 0.25) is 0 Å². The minimum Gasteiger partial charge on any atom is -0.379 e. The number of morpholine rings is 1. The zero-order valence-electron chi connectivity index (χ0n) is 18.8. The van der Waals surface area contributed by atoms with Crippen molar-refractivity contribution in [2.45, 2.75) is 33.6 Å². The number of piperidine rings is 1. The largest absolute Gasteiger partial charge is 0.379 e. The third kappa shape index (κ3) is 6.77. The van der Waals surface area contributed by atoms with Crippen LogP contribution in [-0.2, 0) is 19.1 Å². The van der Waals surface area contributed by atoms with Crippen molar-refractivity contribution in [1.82, 2.24) is 9.80 Å². The highest BCUT2D eigenvalue weighted by Crippen LogP contribution is 2.24. The zero-order valence-corrected chi connectivity index (χ0v) is 18.8. The molecule has 0 aliphatic carbocycles. The van der Waals surface area contributed by atoms with Crippen LogP contribution < -0.4 is 10.6 Å². The minimum atomic E-state index is -0.444. The van der Waals surface area contributed by atoms with Crippen molar-refractivity contribution in [2.24, 2.45) is 11.3 Å². The van der Waals surface area contributed by atoms with E-state index in [9.17, 15) is 14.4 Å². The smallest absolute Gasteiger partial charge is 0.238 e. The van der Waals surface area contributed by atoms with Crippen molar-refractivity contribution >= 4 is 29.1 Å². The lowest BCUT2D eigenvalue weighted by Crippen LogP contribution is -2.47. The second-order valence-corrected chi connectivity index (χ2v) is 9.34. The summed E-state index contributed by atoms with van der Waals surface area (Å²) in [6, 6.07) is 7.12. The molecule has 170 valence electrons. The Balaban J connectivity index is 1.49. The number of likely N-dealkylation sites (tertiary alicyclic amines) is 1. The van der Waals surface area contributed by atoms with Crippen molar-refractivity contribution in [3.63, 3.8) is 0 Å². The fourth-order valence-corrected chi connectivity index (χ4v) is 3.89. The Bertz CT molecular complexity index is 782. The summed E-state index contributed by atoms with van der Waals surface area (Å²) in [7, 11) is 0. The molecule has 1 aromatic carbocycles. The molecule has 1 atom stereocenters. The topological polar surface area (TPSA) is 91.0 Å². The van der Waals surface area contributed by atoms with Crippen LogP contribution in [0, 0.1) is 11.3 Å². The third-order valence-corrected chi connectivity index (χ3v) is 5.63. The fourth-order valence-electron chi connectivity index (χ4n) is 3.89. The van der Waals surface area contributed by atoms with E-state index in [4.69, 9.17) is 4.74 Å². The average molecular weight is 431 g/mol. The first kappa shape index (κ1) is 23.2. The maximum absolute atomic E-state index is 12.7. The predicted molar refractivity (Wildman–Crippen MR) is 120 cm³/mol. The Morgan fingerprint density at radius 2 is 1.61 bits per heavy atom. The molecule has 0 bridgehead atoms. The first-order chi connectivity index (χ1) is 14.7. The Labute approximate surface area is 184 Å². The molecule has 0 aromatic heterocycles. The van der Waals surface area contributed by atoms with E-state index in [1.807, 2.05) is 20.8 Å². The number of rotatable bonds is 5. The molecule has 2 fully saturated rings.